The number of rotatable bonds is 3. The summed E-state index contributed by atoms with van der Waals surface area (Å²) in [6, 6.07) is 3.82. The molecule has 94 valence electrons. The van der Waals surface area contributed by atoms with Crippen molar-refractivity contribution in [2.75, 3.05) is 6.54 Å². The molecule has 3 heterocycles. The summed E-state index contributed by atoms with van der Waals surface area (Å²) in [5.74, 6) is 0.0125. The number of carbonyl (C=O) groups is 1. The van der Waals surface area contributed by atoms with E-state index in [2.05, 4.69) is 10.3 Å². The van der Waals surface area contributed by atoms with Crippen LogP contribution in [-0.2, 0) is 6.42 Å². The van der Waals surface area contributed by atoms with Gasteiger partial charge in [-0.15, -0.1) is 0 Å². The van der Waals surface area contributed by atoms with Gasteiger partial charge in [-0.25, -0.2) is 9.78 Å². The minimum Gasteiger partial charge on any atom is -0.478 e. The zero-order valence-electron chi connectivity index (χ0n) is 9.97. The number of carboxylic acids is 1. The summed E-state index contributed by atoms with van der Waals surface area (Å²) in [4.78, 5) is 15.5. The van der Waals surface area contributed by atoms with E-state index >= 15 is 0 Å². The quantitative estimate of drug-likeness (QED) is 0.856. The van der Waals surface area contributed by atoms with Crippen molar-refractivity contribution in [2.24, 2.45) is 0 Å². The minimum atomic E-state index is -0.911. The average Bonchev–Trinajstić information content (AvgIpc) is 2.99. The van der Waals surface area contributed by atoms with Crippen molar-refractivity contribution in [3.05, 3.63) is 35.9 Å². The smallest absolute Gasteiger partial charge is 0.337 e. The van der Waals surface area contributed by atoms with Gasteiger partial charge in [0.2, 0.25) is 0 Å². The second kappa shape index (κ2) is 4.42. The van der Waals surface area contributed by atoms with Crippen LogP contribution in [0.3, 0.4) is 0 Å². The molecule has 18 heavy (non-hydrogen) atoms. The third-order valence-electron chi connectivity index (χ3n) is 3.47. The Balaban J connectivity index is 1.98. The number of imidazole rings is 1. The van der Waals surface area contributed by atoms with E-state index < -0.39 is 5.97 Å². The maximum Gasteiger partial charge on any atom is 0.337 e. The van der Waals surface area contributed by atoms with E-state index in [1.165, 1.54) is 6.42 Å². The van der Waals surface area contributed by atoms with E-state index in [-0.39, 0.29) is 0 Å². The molecule has 0 aromatic carbocycles. The van der Waals surface area contributed by atoms with Crippen LogP contribution in [0.4, 0.5) is 0 Å². The highest BCUT2D eigenvalue weighted by molar-refractivity contribution is 5.95. The number of hydrogen-bond donors (Lipinski definition) is 2. The normalized spacial score (nSPS) is 19.4. The monoisotopic (exact) mass is 245 g/mol. The molecule has 1 fully saturated rings. The lowest BCUT2D eigenvalue weighted by atomic mass is 10.1. The Bertz CT molecular complexity index is 585. The second-order valence-corrected chi connectivity index (χ2v) is 4.65. The van der Waals surface area contributed by atoms with E-state index in [4.69, 9.17) is 5.11 Å². The molecule has 0 radical (unpaired) electrons. The zero-order chi connectivity index (χ0) is 12.5. The molecule has 2 aromatic rings. The van der Waals surface area contributed by atoms with Gasteiger partial charge in [-0.1, -0.05) is 0 Å². The minimum absolute atomic E-state index is 0.302. The number of hydrogen-bond acceptors (Lipinski definition) is 3. The van der Waals surface area contributed by atoms with E-state index in [0.29, 0.717) is 17.1 Å². The molecule has 5 nitrogen and oxygen atoms in total. The lowest BCUT2D eigenvalue weighted by Crippen LogP contribution is -2.24. The molecule has 0 spiro atoms. The first-order valence-electron chi connectivity index (χ1n) is 6.17. The molecule has 2 aromatic heterocycles. The van der Waals surface area contributed by atoms with E-state index in [9.17, 15) is 4.79 Å². The average molecular weight is 245 g/mol. The number of fused-ring (bicyclic) bond motifs is 1. The summed E-state index contributed by atoms with van der Waals surface area (Å²) < 4.78 is 1.88. The van der Waals surface area contributed by atoms with Crippen molar-refractivity contribution in [2.45, 2.75) is 25.3 Å². The number of nitrogens with one attached hydrogen (secondary N) is 1. The van der Waals surface area contributed by atoms with Crippen LogP contribution in [0.1, 0.15) is 29.0 Å². The van der Waals surface area contributed by atoms with Gasteiger partial charge in [0.05, 0.1) is 17.3 Å². The van der Waals surface area contributed by atoms with Crippen molar-refractivity contribution in [3.63, 3.8) is 0 Å². The van der Waals surface area contributed by atoms with Crippen molar-refractivity contribution >= 4 is 11.5 Å². The maximum absolute atomic E-state index is 11.1. The lowest BCUT2D eigenvalue weighted by Gasteiger charge is -2.09. The van der Waals surface area contributed by atoms with Crippen LogP contribution in [0.2, 0.25) is 0 Å². The summed E-state index contributed by atoms with van der Waals surface area (Å²) in [5.41, 5.74) is 0.966. The van der Waals surface area contributed by atoms with E-state index in [0.717, 1.165) is 25.2 Å². The fourth-order valence-electron chi connectivity index (χ4n) is 2.56. The van der Waals surface area contributed by atoms with Crippen LogP contribution in [0, 0.1) is 0 Å². The Kier molecular flexibility index (Phi) is 2.76. The van der Waals surface area contributed by atoms with Gasteiger partial charge in [0.1, 0.15) is 5.82 Å². The molecular weight excluding hydrogens is 230 g/mol. The topological polar surface area (TPSA) is 66.6 Å². The molecule has 0 aliphatic carbocycles. The fourth-order valence-corrected chi connectivity index (χ4v) is 2.56. The highest BCUT2D eigenvalue weighted by atomic mass is 16.4. The van der Waals surface area contributed by atoms with E-state index in [1.807, 2.05) is 10.6 Å². The van der Waals surface area contributed by atoms with Crippen LogP contribution < -0.4 is 5.32 Å². The highest BCUT2D eigenvalue weighted by Gasteiger charge is 2.18. The zero-order valence-corrected chi connectivity index (χ0v) is 9.97. The maximum atomic E-state index is 11.1. The molecule has 1 saturated heterocycles. The molecule has 3 rings (SSSR count). The van der Waals surface area contributed by atoms with Gasteiger partial charge < -0.3 is 14.8 Å². The largest absolute Gasteiger partial charge is 0.478 e. The van der Waals surface area contributed by atoms with Crippen molar-refractivity contribution in [1.29, 1.82) is 0 Å². The van der Waals surface area contributed by atoms with Crippen molar-refractivity contribution in [3.8, 4) is 0 Å². The number of pyridine rings is 1. The summed E-state index contributed by atoms with van der Waals surface area (Å²) >= 11 is 0. The highest BCUT2D eigenvalue weighted by Crippen LogP contribution is 2.16. The Morgan fingerprint density at radius 1 is 1.61 bits per heavy atom. The van der Waals surface area contributed by atoms with Crippen molar-refractivity contribution in [1.82, 2.24) is 14.7 Å². The third kappa shape index (κ3) is 1.86. The van der Waals surface area contributed by atoms with E-state index in [1.54, 1.807) is 18.3 Å². The van der Waals surface area contributed by atoms with Crippen LogP contribution in [0.15, 0.2) is 24.5 Å². The predicted molar refractivity (Wildman–Crippen MR) is 66.9 cm³/mol. The molecule has 0 saturated carbocycles. The Labute approximate surface area is 104 Å². The molecule has 1 unspecified atom stereocenters. The Morgan fingerprint density at radius 2 is 2.50 bits per heavy atom. The molecule has 1 aliphatic heterocycles. The Morgan fingerprint density at radius 3 is 3.22 bits per heavy atom. The first kappa shape index (κ1) is 11.2. The van der Waals surface area contributed by atoms with Gasteiger partial charge in [0.25, 0.3) is 0 Å². The lowest BCUT2D eigenvalue weighted by molar-refractivity contribution is 0.0698. The number of nitrogens with zero attached hydrogens (tertiary/aromatic N) is 2. The standard InChI is InChI=1S/C13H15N3O2/c17-13(18)10-4-2-6-16-11(10)8-15-12(16)7-9-3-1-5-14-9/h2,4,6,8-9,14H,1,3,5,7H2,(H,17,18). The third-order valence-corrected chi connectivity index (χ3v) is 3.47. The Hall–Kier alpha value is -1.88. The number of carboxylic acid groups (broad SMARTS) is 1. The summed E-state index contributed by atoms with van der Waals surface area (Å²) in [6.45, 7) is 1.06. The predicted octanol–water partition coefficient (Wildman–Crippen LogP) is 1.33. The molecule has 1 atom stereocenters. The molecule has 0 bridgehead atoms. The molecule has 2 N–H and O–H groups in total. The van der Waals surface area contributed by atoms with Crippen molar-refractivity contribution < 1.29 is 9.90 Å². The van der Waals surface area contributed by atoms with Crippen LogP contribution in [-0.4, -0.2) is 33.0 Å². The summed E-state index contributed by atoms with van der Waals surface area (Å²) in [6.07, 6.45) is 6.73. The van der Waals surface area contributed by atoms with Crippen LogP contribution >= 0.6 is 0 Å². The first-order valence-corrected chi connectivity index (χ1v) is 6.17. The van der Waals surface area contributed by atoms with Crippen LogP contribution in [0.25, 0.3) is 5.52 Å². The van der Waals surface area contributed by atoms with Gasteiger partial charge >= 0.3 is 5.97 Å². The van der Waals surface area contributed by atoms with Gasteiger partial charge in [-0.3, -0.25) is 0 Å². The van der Waals surface area contributed by atoms with Crippen LogP contribution in [0.5, 0.6) is 0 Å². The number of aromatic nitrogens is 2. The summed E-state index contributed by atoms with van der Waals surface area (Å²) in [7, 11) is 0. The van der Waals surface area contributed by atoms with Gasteiger partial charge in [-0.2, -0.15) is 0 Å². The fraction of sp³-hybridized carbons (Fsp3) is 0.385. The second-order valence-electron chi connectivity index (χ2n) is 4.65. The first-order chi connectivity index (χ1) is 8.75. The molecular formula is C13H15N3O2. The number of aromatic carboxylic acids is 1. The SMILES string of the molecule is O=C(O)c1cccn2c(CC3CCCN3)ncc12. The van der Waals surface area contributed by atoms with Gasteiger partial charge in [0.15, 0.2) is 0 Å². The van der Waals surface area contributed by atoms with Gasteiger partial charge in [-0.05, 0) is 31.5 Å². The molecule has 5 heteroatoms. The molecule has 1 aliphatic rings. The summed E-state index contributed by atoms with van der Waals surface area (Å²) in [5, 5.41) is 12.6. The molecule has 0 amide bonds. The van der Waals surface area contributed by atoms with Gasteiger partial charge in [0, 0.05) is 18.7 Å².